The Morgan fingerprint density at radius 1 is 1.22 bits per heavy atom. The van der Waals surface area contributed by atoms with Crippen molar-refractivity contribution in [3.05, 3.63) is 42.1 Å². The maximum Gasteiger partial charge on any atom is 0.263 e. The average molecular weight is 257 g/mol. The van der Waals surface area contributed by atoms with E-state index in [4.69, 9.17) is 10.2 Å². The predicted molar refractivity (Wildman–Crippen MR) is 71.5 cm³/mol. The second-order valence-corrected chi connectivity index (χ2v) is 4.95. The fraction of sp³-hybridized carbons (Fsp3) is 0.0769. The number of nitrogens with two attached hydrogens (primary N) is 1. The van der Waals surface area contributed by atoms with E-state index in [1.54, 1.807) is 12.1 Å². The third-order valence-electron chi connectivity index (χ3n) is 2.47. The molecule has 0 spiro atoms. The van der Waals surface area contributed by atoms with E-state index < -0.39 is 0 Å². The molecule has 90 valence electrons. The highest BCUT2D eigenvalue weighted by Gasteiger charge is 2.08. The van der Waals surface area contributed by atoms with E-state index in [0.29, 0.717) is 10.9 Å². The molecule has 0 amide bonds. The summed E-state index contributed by atoms with van der Waals surface area (Å²) in [6, 6.07) is 9.38. The van der Waals surface area contributed by atoms with Gasteiger partial charge in [-0.15, -0.1) is 0 Å². The van der Waals surface area contributed by atoms with E-state index in [9.17, 15) is 0 Å². The van der Waals surface area contributed by atoms with Crippen LogP contribution in [-0.2, 0) is 0 Å². The second kappa shape index (κ2) is 4.34. The molecule has 2 aromatic heterocycles. The molecule has 3 rings (SSSR count). The van der Waals surface area contributed by atoms with Crippen molar-refractivity contribution in [1.29, 1.82) is 0 Å². The van der Waals surface area contributed by atoms with E-state index in [2.05, 4.69) is 9.97 Å². The third-order valence-corrected chi connectivity index (χ3v) is 3.27. The van der Waals surface area contributed by atoms with Crippen LogP contribution in [0, 0.1) is 6.92 Å². The van der Waals surface area contributed by atoms with Crippen molar-refractivity contribution in [3.8, 4) is 0 Å². The highest BCUT2D eigenvalue weighted by Crippen LogP contribution is 2.29. The largest absolute Gasteiger partial charge is 0.431 e. The van der Waals surface area contributed by atoms with Crippen LogP contribution in [0.2, 0.25) is 0 Å². The molecule has 0 aliphatic heterocycles. The van der Waals surface area contributed by atoms with Crippen LogP contribution in [0.3, 0.4) is 0 Å². The summed E-state index contributed by atoms with van der Waals surface area (Å²) in [5.74, 6) is 0. The molecule has 0 saturated carbocycles. The lowest BCUT2D eigenvalue weighted by molar-refractivity contribution is 0.489. The molecule has 0 atom stereocenters. The molecule has 5 heteroatoms. The zero-order chi connectivity index (χ0) is 12.5. The van der Waals surface area contributed by atoms with Gasteiger partial charge in [0.1, 0.15) is 10.5 Å². The number of fused-ring (bicyclic) bond motifs is 1. The summed E-state index contributed by atoms with van der Waals surface area (Å²) in [5.41, 5.74) is 9.02. The van der Waals surface area contributed by atoms with Gasteiger partial charge in [-0.2, -0.15) is 0 Å². The highest BCUT2D eigenvalue weighted by molar-refractivity contribution is 7.99. The third kappa shape index (κ3) is 2.17. The molecule has 1 aromatic carbocycles. The van der Waals surface area contributed by atoms with E-state index in [1.807, 2.05) is 31.3 Å². The summed E-state index contributed by atoms with van der Waals surface area (Å²) < 4.78 is 5.61. The molecule has 0 bridgehead atoms. The average Bonchev–Trinajstić information content (AvgIpc) is 2.73. The molecule has 0 fully saturated rings. The summed E-state index contributed by atoms with van der Waals surface area (Å²) >= 11 is 1.40. The molecule has 2 N–H and O–H groups in total. The molecule has 2 heterocycles. The lowest BCUT2D eigenvalue weighted by atomic mass is 10.3. The molecule has 3 aromatic rings. The topological polar surface area (TPSA) is 64.9 Å². The number of pyridine rings is 1. The van der Waals surface area contributed by atoms with Gasteiger partial charge in [0.15, 0.2) is 5.58 Å². The van der Waals surface area contributed by atoms with Crippen LogP contribution in [0.15, 0.2) is 51.2 Å². The van der Waals surface area contributed by atoms with Gasteiger partial charge in [-0.25, -0.2) is 9.97 Å². The first kappa shape index (κ1) is 11.1. The fourth-order valence-corrected chi connectivity index (χ4v) is 2.27. The van der Waals surface area contributed by atoms with Crippen LogP contribution in [0.25, 0.3) is 11.1 Å². The Kier molecular flexibility index (Phi) is 2.68. The number of aryl methyl sites for hydroxylation is 1. The van der Waals surface area contributed by atoms with Crippen molar-refractivity contribution in [2.24, 2.45) is 0 Å². The summed E-state index contributed by atoms with van der Waals surface area (Å²) in [5, 5.41) is 1.44. The Bertz CT molecular complexity index is 691. The minimum Gasteiger partial charge on any atom is -0.431 e. The normalized spacial score (nSPS) is 10.9. The number of benzene rings is 1. The number of aromatic nitrogens is 2. The number of hydrogen-bond donors (Lipinski definition) is 1. The van der Waals surface area contributed by atoms with Gasteiger partial charge in [0, 0.05) is 11.9 Å². The Hall–Kier alpha value is -2.01. The second-order valence-electron chi connectivity index (χ2n) is 3.98. The van der Waals surface area contributed by atoms with Crippen molar-refractivity contribution in [2.75, 3.05) is 5.73 Å². The number of hydrogen-bond acceptors (Lipinski definition) is 5. The Morgan fingerprint density at radius 3 is 2.89 bits per heavy atom. The first-order valence-corrected chi connectivity index (χ1v) is 6.29. The van der Waals surface area contributed by atoms with E-state index in [0.717, 1.165) is 21.7 Å². The monoisotopic (exact) mass is 257 g/mol. The van der Waals surface area contributed by atoms with Crippen molar-refractivity contribution in [2.45, 2.75) is 17.2 Å². The summed E-state index contributed by atoms with van der Waals surface area (Å²) in [6.45, 7) is 2.00. The van der Waals surface area contributed by atoms with Crippen LogP contribution < -0.4 is 5.73 Å². The van der Waals surface area contributed by atoms with Crippen LogP contribution in [0.4, 0.5) is 5.69 Å². The SMILES string of the molecule is Cc1ccc(Sc2nc3cc(N)ccc3o2)nc1. The highest BCUT2D eigenvalue weighted by atomic mass is 32.2. The van der Waals surface area contributed by atoms with Gasteiger partial charge in [0.2, 0.25) is 0 Å². The smallest absolute Gasteiger partial charge is 0.263 e. The number of nitrogens with zero attached hydrogens (tertiary/aromatic N) is 2. The standard InChI is InChI=1S/C13H11N3OS/c1-8-2-5-12(15-7-8)18-13-16-10-6-9(14)3-4-11(10)17-13/h2-7H,14H2,1H3. The minimum atomic E-state index is 0.576. The molecule has 0 unspecified atom stereocenters. The fourth-order valence-electron chi connectivity index (χ4n) is 1.57. The summed E-state index contributed by atoms with van der Waals surface area (Å²) in [7, 11) is 0. The number of oxazole rings is 1. The molecular weight excluding hydrogens is 246 g/mol. The lowest BCUT2D eigenvalue weighted by Crippen LogP contribution is -1.82. The van der Waals surface area contributed by atoms with E-state index in [1.165, 1.54) is 11.8 Å². The van der Waals surface area contributed by atoms with E-state index in [-0.39, 0.29) is 0 Å². The molecule has 18 heavy (non-hydrogen) atoms. The maximum atomic E-state index is 5.70. The van der Waals surface area contributed by atoms with Crippen molar-refractivity contribution >= 4 is 28.5 Å². The van der Waals surface area contributed by atoms with Crippen LogP contribution in [0.5, 0.6) is 0 Å². The molecule has 0 radical (unpaired) electrons. The van der Waals surface area contributed by atoms with Crippen molar-refractivity contribution < 1.29 is 4.42 Å². The van der Waals surface area contributed by atoms with Crippen LogP contribution >= 0.6 is 11.8 Å². The molecule has 4 nitrogen and oxygen atoms in total. The Morgan fingerprint density at radius 2 is 2.11 bits per heavy atom. The first-order chi connectivity index (χ1) is 8.70. The molecule has 0 aliphatic rings. The first-order valence-electron chi connectivity index (χ1n) is 5.47. The Balaban J connectivity index is 1.92. The van der Waals surface area contributed by atoms with Gasteiger partial charge in [-0.1, -0.05) is 6.07 Å². The van der Waals surface area contributed by atoms with Gasteiger partial charge in [0.25, 0.3) is 5.22 Å². The molecule has 0 saturated heterocycles. The quantitative estimate of drug-likeness (QED) is 0.714. The van der Waals surface area contributed by atoms with Gasteiger partial charge in [-0.05, 0) is 48.5 Å². The number of nitrogen functional groups attached to an aromatic ring is 1. The Labute approximate surface area is 108 Å². The molecular formula is C13H11N3OS. The van der Waals surface area contributed by atoms with Gasteiger partial charge < -0.3 is 10.2 Å². The minimum absolute atomic E-state index is 0.576. The summed E-state index contributed by atoms with van der Waals surface area (Å²) in [4.78, 5) is 8.67. The zero-order valence-corrected chi connectivity index (χ0v) is 10.6. The van der Waals surface area contributed by atoms with Crippen molar-refractivity contribution in [3.63, 3.8) is 0 Å². The van der Waals surface area contributed by atoms with Crippen LogP contribution in [-0.4, -0.2) is 9.97 Å². The van der Waals surface area contributed by atoms with Crippen molar-refractivity contribution in [1.82, 2.24) is 9.97 Å². The van der Waals surface area contributed by atoms with E-state index >= 15 is 0 Å². The number of rotatable bonds is 2. The predicted octanol–water partition coefficient (Wildman–Crippen LogP) is 3.26. The zero-order valence-electron chi connectivity index (χ0n) is 9.75. The van der Waals surface area contributed by atoms with Gasteiger partial charge in [-0.3, -0.25) is 0 Å². The van der Waals surface area contributed by atoms with Gasteiger partial charge >= 0.3 is 0 Å². The maximum absolute atomic E-state index is 5.70. The number of anilines is 1. The summed E-state index contributed by atoms with van der Waals surface area (Å²) in [6.07, 6.45) is 1.82. The molecule has 0 aliphatic carbocycles. The lowest BCUT2D eigenvalue weighted by Gasteiger charge is -1.95. The van der Waals surface area contributed by atoms with Crippen LogP contribution in [0.1, 0.15) is 5.56 Å². The van der Waals surface area contributed by atoms with Gasteiger partial charge in [0.05, 0.1) is 0 Å².